The molecule has 1 unspecified atom stereocenters. The van der Waals surface area contributed by atoms with Crippen LogP contribution in [0.25, 0.3) is 21.9 Å². The smallest absolute Gasteiger partial charge is 0.230 e. The van der Waals surface area contributed by atoms with Gasteiger partial charge >= 0.3 is 0 Å². The second kappa shape index (κ2) is 7.81. The number of anilines is 2. The third-order valence-corrected chi connectivity index (χ3v) is 7.18. The molecule has 164 valence electrons. The van der Waals surface area contributed by atoms with Crippen LogP contribution in [0.2, 0.25) is 0 Å². The van der Waals surface area contributed by atoms with E-state index < -0.39 is 0 Å². The molecule has 4 aromatic rings. The van der Waals surface area contributed by atoms with Gasteiger partial charge in [0.1, 0.15) is 11.5 Å². The first-order chi connectivity index (χ1) is 15.7. The third kappa shape index (κ3) is 3.32. The summed E-state index contributed by atoms with van der Waals surface area (Å²) in [7, 11) is 0. The van der Waals surface area contributed by atoms with Gasteiger partial charge in [-0.05, 0) is 49.3 Å². The number of nitrogens with zero attached hydrogens (tertiary/aromatic N) is 5. The van der Waals surface area contributed by atoms with Crippen LogP contribution in [0.1, 0.15) is 62.7 Å². The van der Waals surface area contributed by atoms with Gasteiger partial charge in [-0.25, -0.2) is 9.97 Å². The number of pyridine rings is 2. The standard InChI is InChI=1S/C25H29N7/c1-15-3-6-18(7-4-15)32-21-14-26-10-9-19(21)20-13-28-25(31-24(20)32)30-22-8-5-17-12-27-11-16(2)23(17)29-22/h5,8-10,13-16,18,27H,3-4,6-7,11-12H2,1-2H3,(H,28,29,30,31)/t15-,16?,18-. The molecule has 0 amide bonds. The van der Waals surface area contributed by atoms with Crippen molar-refractivity contribution in [2.24, 2.45) is 5.92 Å². The average molecular weight is 428 g/mol. The topological polar surface area (TPSA) is 80.5 Å². The molecular weight excluding hydrogens is 398 g/mol. The Morgan fingerprint density at radius 2 is 1.88 bits per heavy atom. The number of aromatic nitrogens is 5. The van der Waals surface area contributed by atoms with Crippen molar-refractivity contribution >= 4 is 33.7 Å². The Hall–Kier alpha value is -3.06. The quantitative estimate of drug-likeness (QED) is 0.475. The SMILES string of the molecule is CC1CNCc2ccc(Nc3ncc4c5ccncc5n([C@H]5CC[C@H](C)CC5)c4n3)nc21. The summed E-state index contributed by atoms with van der Waals surface area (Å²) in [4.78, 5) is 18.9. The van der Waals surface area contributed by atoms with Crippen molar-refractivity contribution in [1.82, 2.24) is 29.8 Å². The van der Waals surface area contributed by atoms with E-state index in [1.54, 1.807) is 0 Å². The first-order valence-electron chi connectivity index (χ1n) is 11.8. The molecule has 0 radical (unpaired) electrons. The van der Waals surface area contributed by atoms with Crippen molar-refractivity contribution < 1.29 is 0 Å². The lowest BCUT2D eigenvalue weighted by Gasteiger charge is -2.28. The van der Waals surface area contributed by atoms with Crippen LogP contribution in [-0.4, -0.2) is 31.0 Å². The minimum Gasteiger partial charge on any atom is -0.321 e. The highest BCUT2D eigenvalue weighted by atomic mass is 15.2. The van der Waals surface area contributed by atoms with E-state index in [-0.39, 0.29) is 0 Å². The summed E-state index contributed by atoms with van der Waals surface area (Å²) in [5.74, 6) is 2.59. The molecule has 4 aromatic heterocycles. The Morgan fingerprint density at radius 1 is 1.00 bits per heavy atom. The van der Waals surface area contributed by atoms with Crippen LogP contribution in [0.3, 0.4) is 0 Å². The fraction of sp³-hybridized carbons (Fsp3) is 0.440. The summed E-state index contributed by atoms with van der Waals surface area (Å²) in [6.45, 7) is 6.40. The van der Waals surface area contributed by atoms with E-state index in [9.17, 15) is 0 Å². The first-order valence-corrected chi connectivity index (χ1v) is 11.8. The summed E-state index contributed by atoms with van der Waals surface area (Å²) >= 11 is 0. The molecule has 32 heavy (non-hydrogen) atoms. The van der Waals surface area contributed by atoms with E-state index in [0.717, 1.165) is 47.1 Å². The third-order valence-electron chi connectivity index (χ3n) is 7.18. The maximum absolute atomic E-state index is 4.99. The normalized spacial score (nSPS) is 23.4. The van der Waals surface area contributed by atoms with Gasteiger partial charge in [-0.15, -0.1) is 0 Å². The number of nitrogens with one attached hydrogen (secondary N) is 2. The van der Waals surface area contributed by atoms with Gasteiger partial charge in [0.25, 0.3) is 0 Å². The first kappa shape index (κ1) is 19.6. The van der Waals surface area contributed by atoms with Crippen LogP contribution in [0.5, 0.6) is 0 Å². The lowest BCUT2D eigenvalue weighted by Crippen LogP contribution is -2.27. The molecule has 1 saturated carbocycles. The highest BCUT2D eigenvalue weighted by molar-refractivity contribution is 6.06. The van der Waals surface area contributed by atoms with E-state index in [2.05, 4.69) is 51.1 Å². The predicted octanol–water partition coefficient (Wildman–Crippen LogP) is 5.08. The maximum Gasteiger partial charge on any atom is 0.230 e. The van der Waals surface area contributed by atoms with Crippen molar-refractivity contribution in [3.8, 4) is 0 Å². The van der Waals surface area contributed by atoms with Crippen LogP contribution >= 0.6 is 0 Å². The van der Waals surface area contributed by atoms with Gasteiger partial charge in [0.05, 0.1) is 17.4 Å². The number of fused-ring (bicyclic) bond motifs is 4. The molecule has 1 atom stereocenters. The van der Waals surface area contributed by atoms with Crippen molar-refractivity contribution in [3.63, 3.8) is 0 Å². The lowest BCUT2D eigenvalue weighted by molar-refractivity contribution is 0.298. The highest BCUT2D eigenvalue weighted by Crippen LogP contribution is 2.38. The molecule has 5 heterocycles. The maximum atomic E-state index is 4.99. The summed E-state index contributed by atoms with van der Waals surface area (Å²) in [5.41, 5.74) is 4.57. The van der Waals surface area contributed by atoms with Gasteiger partial charge in [-0.2, -0.15) is 4.98 Å². The molecular formula is C25H29N7. The molecule has 1 aliphatic heterocycles. The van der Waals surface area contributed by atoms with Crippen LogP contribution in [-0.2, 0) is 6.54 Å². The summed E-state index contributed by atoms with van der Waals surface area (Å²) in [6, 6.07) is 6.70. The number of rotatable bonds is 3. The second-order valence-corrected chi connectivity index (χ2v) is 9.51. The molecule has 2 N–H and O–H groups in total. The molecule has 1 aliphatic carbocycles. The van der Waals surface area contributed by atoms with E-state index in [1.807, 2.05) is 24.7 Å². The molecule has 0 bridgehead atoms. The van der Waals surface area contributed by atoms with E-state index in [0.29, 0.717) is 17.9 Å². The highest BCUT2D eigenvalue weighted by Gasteiger charge is 2.25. The van der Waals surface area contributed by atoms with Crippen LogP contribution < -0.4 is 10.6 Å². The molecule has 7 heteroatoms. The Morgan fingerprint density at radius 3 is 2.75 bits per heavy atom. The molecule has 2 aliphatic rings. The molecule has 1 fully saturated rings. The van der Waals surface area contributed by atoms with Gasteiger partial charge in [0, 0.05) is 48.2 Å². The Bertz CT molecular complexity index is 1290. The number of hydrogen-bond acceptors (Lipinski definition) is 6. The molecule has 0 spiro atoms. The fourth-order valence-electron chi connectivity index (χ4n) is 5.38. The zero-order chi connectivity index (χ0) is 21.7. The molecule has 0 aromatic carbocycles. The largest absolute Gasteiger partial charge is 0.321 e. The van der Waals surface area contributed by atoms with Crippen LogP contribution in [0.15, 0.2) is 36.8 Å². The minimum atomic E-state index is 0.396. The Labute approximate surface area is 187 Å². The van der Waals surface area contributed by atoms with Gasteiger partial charge in [0.15, 0.2) is 0 Å². The van der Waals surface area contributed by atoms with Gasteiger partial charge in [-0.3, -0.25) is 4.98 Å². The Balaban J connectivity index is 1.41. The van der Waals surface area contributed by atoms with Crippen molar-refractivity contribution in [1.29, 1.82) is 0 Å². The monoisotopic (exact) mass is 427 g/mol. The summed E-state index contributed by atoms with van der Waals surface area (Å²) in [6.07, 6.45) is 10.7. The molecule has 0 saturated heterocycles. The number of hydrogen-bond donors (Lipinski definition) is 2. The molecule has 7 nitrogen and oxygen atoms in total. The van der Waals surface area contributed by atoms with Crippen LogP contribution in [0, 0.1) is 5.92 Å². The summed E-state index contributed by atoms with van der Waals surface area (Å²) < 4.78 is 2.41. The van der Waals surface area contributed by atoms with Crippen molar-refractivity contribution in [3.05, 3.63) is 48.0 Å². The Kier molecular flexibility index (Phi) is 4.79. The fourth-order valence-corrected chi connectivity index (χ4v) is 5.38. The van der Waals surface area contributed by atoms with E-state index in [1.165, 1.54) is 36.6 Å². The van der Waals surface area contributed by atoms with E-state index >= 15 is 0 Å². The van der Waals surface area contributed by atoms with Gasteiger partial charge < -0.3 is 15.2 Å². The molecule has 6 rings (SSSR count). The zero-order valence-corrected chi connectivity index (χ0v) is 18.7. The van der Waals surface area contributed by atoms with Crippen molar-refractivity contribution in [2.75, 3.05) is 11.9 Å². The van der Waals surface area contributed by atoms with E-state index in [4.69, 9.17) is 9.97 Å². The predicted molar refractivity (Wildman–Crippen MR) is 127 cm³/mol. The van der Waals surface area contributed by atoms with Gasteiger partial charge in [0.2, 0.25) is 5.95 Å². The minimum absolute atomic E-state index is 0.396. The van der Waals surface area contributed by atoms with Gasteiger partial charge in [-0.1, -0.05) is 19.9 Å². The van der Waals surface area contributed by atoms with Crippen molar-refractivity contribution in [2.45, 2.75) is 58.0 Å². The second-order valence-electron chi connectivity index (χ2n) is 9.51. The summed E-state index contributed by atoms with van der Waals surface area (Å²) in [5, 5.41) is 9.07. The van der Waals surface area contributed by atoms with Crippen LogP contribution in [0.4, 0.5) is 11.8 Å². The lowest BCUT2D eigenvalue weighted by atomic mass is 9.87. The average Bonchev–Trinajstić information content (AvgIpc) is 3.14. The zero-order valence-electron chi connectivity index (χ0n) is 18.7.